The molecule has 3 nitrogen and oxygen atoms in total. The molecule has 2 aliphatic heterocycles. The number of fused-ring (bicyclic) bond motifs is 1. The van der Waals surface area contributed by atoms with E-state index in [0.29, 0.717) is 12.0 Å². The van der Waals surface area contributed by atoms with E-state index in [-0.39, 0.29) is 0 Å². The van der Waals surface area contributed by atoms with Gasteiger partial charge in [-0.2, -0.15) is 0 Å². The fourth-order valence-corrected chi connectivity index (χ4v) is 3.61. The topological polar surface area (TPSA) is 24.5 Å². The maximum atomic E-state index is 5.81. The van der Waals surface area contributed by atoms with Gasteiger partial charge in [0.1, 0.15) is 0 Å². The zero-order chi connectivity index (χ0) is 13.8. The fraction of sp³-hybridized carbons (Fsp3) is 0.647. The van der Waals surface area contributed by atoms with Crippen molar-refractivity contribution in [3.8, 4) is 0 Å². The van der Waals surface area contributed by atoms with Crippen LogP contribution in [-0.2, 0) is 11.3 Å². The Hall–Kier alpha value is -0.900. The summed E-state index contributed by atoms with van der Waals surface area (Å²) in [5.74, 6) is 0.625. The highest BCUT2D eigenvalue weighted by Crippen LogP contribution is 2.26. The largest absolute Gasteiger partial charge is 0.377 e. The second-order valence-electron chi connectivity index (χ2n) is 6.01. The molecule has 2 aliphatic rings. The van der Waals surface area contributed by atoms with Gasteiger partial charge in [-0.25, -0.2) is 0 Å². The molecule has 1 saturated heterocycles. The standard InChI is InChI=1S/C17H26N2O/c1-2-20-16-7-5-9-19(13-16)12-15-11-18-10-14-6-3-4-8-17(14)15/h3-4,6,8,15-16,18H,2,5,7,9-13H2,1H3. The number of rotatable bonds is 4. The van der Waals surface area contributed by atoms with Gasteiger partial charge in [0.15, 0.2) is 0 Å². The minimum Gasteiger partial charge on any atom is -0.377 e. The Morgan fingerprint density at radius 1 is 1.35 bits per heavy atom. The Labute approximate surface area is 122 Å². The van der Waals surface area contributed by atoms with Crippen LogP contribution in [0.1, 0.15) is 36.8 Å². The van der Waals surface area contributed by atoms with Crippen molar-refractivity contribution < 1.29 is 4.74 Å². The summed E-state index contributed by atoms with van der Waals surface area (Å²) in [5.41, 5.74) is 3.02. The summed E-state index contributed by atoms with van der Waals surface area (Å²) in [5, 5.41) is 3.56. The summed E-state index contributed by atoms with van der Waals surface area (Å²) < 4.78 is 5.81. The van der Waals surface area contributed by atoms with Gasteiger partial charge in [-0.1, -0.05) is 24.3 Å². The van der Waals surface area contributed by atoms with Crippen LogP contribution in [0.15, 0.2) is 24.3 Å². The highest BCUT2D eigenvalue weighted by molar-refractivity contribution is 5.32. The fourth-order valence-electron chi connectivity index (χ4n) is 3.61. The molecule has 0 amide bonds. The van der Waals surface area contributed by atoms with Crippen molar-refractivity contribution in [2.75, 3.05) is 32.8 Å². The van der Waals surface area contributed by atoms with Gasteiger partial charge < -0.3 is 15.0 Å². The Balaban J connectivity index is 1.63. The summed E-state index contributed by atoms with van der Waals surface area (Å²) in [7, 11) is 0. The lowest BCUT2D eigenvalue weighted by Crippen LogP contribution is -2.44. The Kier molecular flexibility index (Phi) is 4.71. The maximum Gasteiger partial charge on any atom is 0.0702 e. The molecule has 0 aliphatic carbocycles. The lowest BCUT2D eigenvalue weighted by molar-refractivity contribution is 0.00419. The minimum atomic E-state index is 0.445. The van der Waals surface area contributed by atoms with E-state index in [1.165, 1.54) is 24.9 Å². The van der Waals surface area contributed by atoms with E-state index >= 15 is 0 Å². The zero-order valence-corrected chi connectivity index (χ0v) is 12.5. The summed E-state index contributed by atoms with van der Waals surface area (Å²) in [4.78, 5) is 2.60. The molecule has 2 heterocycles. The van der Waals surface area contributed by atoms with Crippen molar-refractivity contribution in [3.05, 3.63) is 35.4 Å². The van der Waals surface area contributed by atoms with E-state index in [0.717, 1.165) is 32.8 Å². The molecule has 2 unspecified atom stereocenters. The van der Waals surface area contributed by atoms with Crippen LogP contribution in [0.5, 0.6) is 0 Å². The molecule has 3 heteroatoms. The quantitative estimate of drug-likeness (QED) is 0.912. The van der Waals surface area contributed by atoms with Gasteiger partial charge in [0, 0.05) is 38.7 Å². The van der Waals surface area contributed by atoms with E-state index in [2.05, 4.69) is 41.4 Å². The molecule has 3 rings (SSSR count). The highest BCUT2D eigenvalue weighted by atomic mass is 16.5. The van der Waals surface area contributed by atoms with Gasteiger partial charge in [-0.05, 0) is 37.4 Å². The predicted molar refractivity (Wildman–Crippen MR) is 82.0 cm³/mol. The second kappa shape index (κ2) is 6.70. The molecule has 1 fully saturated rings. The first-order valence-corrected chi connectivity index (χ1v) is 7.99. The van der Waals surface area contributed by atoms with Gasteiger partial charge >= 0.3 is 0 Å². The normalized spacial score (nSPS) is 27.2. The molecule has 0 aromatic heterocycles. The number of ether oxygens (including phenoxy) is 1. The monoisotopic (exact) mass is 274 g/mol. The van der Waals surface area contributed by atoms with Gasteiger partial charge in [-0.3, -0.25) is 0 Å². The molecule has 0 radical (unpaired) electrons. The van der Waals surface area contributed by atoms with E-state index in [1.807, 2.05) is 0 Å². The van der Waals surface area contributed by atoms with Crippen LogP contribution in [0.2, 0.25) is 0 Å². The number of nitrogens with zero attached hydrogens (tertiary/aromatic N) is 1. The average Bonchev–Trinajstić information content (AvgIpc) is 2.48. The third kappa shape index (κ3) is 3.22. The molecule has 1 aromatic carbocycles. The molecule has 0 saturated carbocycles. The van der Waals surface area contributed by atoms with E-state index in [1.54, 1.807) is 5.56 Å². The Bertz CT molecular complexity index is 433. The van der Waals surface area contributed by atoms with Gasteiger partial charge in [0.25, 0.3) is 0 Å². The van der Waals surface area contributed by atoms with Crippen LogP contribution in [0.3, 0.4) is 0 Å². The smallest absolute Gasteiger partial charge is 0.0702 e. The highest BCUT2D eigenvalue weighted by Gasteiger charge is 2.25. The molecule has 0 bridgehead atoms. The van der Waals surface area contributed by atoms with Crippen molar-refractivity contribution in [1.82, 2.24) is 10.2 Å². The zero-order valence-electron chi connectivity index (χ0n) is 12.5. The Morgan fingerprint density at radius 2 is 2.25 bits per heavy atom. The number of hydrogen-bond acceptors (Lipinski definition) is 3. The first-order chi connectivity index (χ1) is 9.86. The molecule has 110 valence electrons. The first-order valence-electron chi connectivity index (χ1n) is 7.99. The number of piperidine rings is 1. The summed E-state index contributed by atoms with van der Waals surface area (Å²) in [6.07, 6.45) is 2.94. The Morgan fingerprint density at radius 3 is 3.15 bits per heavy atom. The number of hydrogen-bond donors (Lipinski definition) is 1. The molecule has 1 aromatic rings. The SMILES string of the molecule is CCOC1CCCN(CC2CNCc3ccccc32)C1. The second-order valence-corrected chi connectivity index (χ2v) is 6.01. The first kappa shape index (κ1) is 14.1. The molecular formula is C17H26N2O. The van der Waals surface area contributed by atoms with Crippen LogP contribution < -0.4 is 5.32 Å². The molecule has 20 heavy (non-hydrogen) atoms. The third-order valence-electron chi connectivity index (χ3n) is 4.54. The van der Waals surface area contributed by atoms with Crippen molar-refractivity contribution in [1.29, 1.82) is 0 Å². The molecular weight excluding hydrogens is 248 g/mol. The van der Waals surface area contributed by atoms with Crippen molar-refractivity contribution in [2.45, 2.75) is 38.3 Å². The molecule has 0 spiro atoms. The van der Waals surface area contributed by atoms with Crippen LogP contribution in [0, 0.1) is 0 Å². The van der Waals surface area contributed by atoms with E-state index < -0.39 is 0 Å². The molecule has 1 N–H and O–H groups in total. The third-order valence-corrected chi connectivity index (χ3v) is 4.54. The van der Waals surface area contributed by atoms with E-state index in [4.69, 9.17) is 4.74 Å². The average molecular weight is 274 g/mol. The van der Waals surface area contributed by atoms with Gasteiger partial charge in [0.2, 0.25) is 0 Å². The summed E-state index contributed by atoms with van der Waals surface area (Å²) in [6.45, 7) is 8.55. The number of nitrogens with one attached hydrogen (secondary N) is 1. The number of benzene rings is 1. The number of likely N-dealkylation sites (tertiary alicyclic amines) is 1. The van der Waals surface area contributed by atoms with Gasteiger partial charge in [0.05, 0.1) is 6.10 Å². The van der Waals surface area contributed by atoms with Crippen LogP contribution >= 0.6 is 0 Å². The summed E-state index contributed by atoms with van der Waals surface area (Å²) >= 11 is 0. The van der Waals surface area contributed by atoms with Crippen molar-refractivity contribution in [3.63, 3.8) is 0 Å². The van der Waals surface area contributed by atoms with Crippen LogP contribution in [0.25, 0.3) is 0 Å². The summed E-state index contributed by atoms with van der Waals surface area (Å²) in [6, 6.07) is 8.89. The lowest BCUT2D eigenvalue weighted by atomic mass is 9.90. The van der Waals surface area contributed by atoms with Crippen molar-refractivity contribution >= 4 is 0 Å². The van der Waals surface area contributed by atoms with E-state index in [9.17, 15) is 0 Å². The van der Waals surface area contributed by atoms with Crippen molar-refractivity contribution in [2.24, 2.45) is 0 Å². The lowest BCUT2D eigenvalue weighted by Gasteiger charge is -2.36. The van der Waals surface area contributed by atoms with Crippen LogP contribution in [0.4, 0.5) is 0 Å². The van der Waals surface area contributed by atoms with Gasteiger partial charge in [-0.15, -0.1) is 0 Å². The van der Waals surface area contributed by atoms with Crippen LogP contribution in [-0.4, -0.2) is 43.8 Å². The predicted octanol–water partition coefficient (Wildman–Crippen LogP) is 2.37. The molecule has 2 atom stereocenters. The maximum absolute atomic E-state index is 5.81. The minimum absolute atomic E-state index is 0.445.